The lowest BCUT2D eigenvalue weighted by Crippen LogP contribution is -2.00. The first-order valence-corrected chi connectivity index (χ1v) is 9.53. The van der Waals surface area contributed by atoms with E-state index in [2.05, 4.69) is 28.5 Å². The lowest BCUT2D eigenvalue weighted by atomic mass is 10.0. The largest absolute Gasteiger partial charge is 0.497 e. The van der Waals surface area contributed by atoms with Gasteiger partial charge in [-0.3, -0.25) is 0 Å². The molecule has 3 aromatic carbocycles. The van der Waals surface area contributed by atoms with Crippen molar-refractivity contribution in [3.8, 4) is 22.8 Å². The van der Waals surface area contributed by atoms with E-state index in [1.165, 1.54) is 0 Å². The highest BCUT2D eigenvalue weighted by molar-refractivity contribution is 5.93. The van der Waals surface area contributed by atoms with E-state index in [4.69, 9.17) is 14.5 Å². The molecular weight excluding hydrogens is 376 g/mol. The van der Waals surface area contributed by atoms with Crippen LogP contribution < -0.4 is 14.9 Å². The van der Waals surface area contributed by atoms with Crippen molar-refractivity contribution in [2.45, 2.75) is 6.92 Å². The average molecular weight is 398 g/mol. The Kier molecular flexibility index (Phi) is 5.57. The zero-order chi connectivity index (χ0) is 20.9. The van der Waals surface area contributed by atoms with Gasteiger partial charge in [0.15, 0.2) is 0 Å². The Bertz CT molecular complexity index is 1210. The smallest absolute Gasteiger partial charge is 0.244 e. The summed E-state index contributed by atoms with van der Waals surface area (Å²) in [4.78, 5) is 9.34. The summed E-state index contributed by atoms with van der Waals surface area (Å²) < 4.78 is 10.6. The first-order chi connectivity index (χ1) is 14.7. The average Bonchev–Trinajstić information content (AvgIpc) is 2.79. The Morgan fingerprint density at radius 2 is 1.73 bits per heavy atom. The third-order valence-electron chi connectivity index (χ3n) is 4.71. The Labute approximate surface area is 175 Å². The number of nitrogens with one attached hydrogen (secondary N) is 1. The first-order valence-electron chi connectivity index (χ1n) is 9.53. The van der Waals surface area contributed by atoms with Crippen LogP contribution in [0.25, 0.3) is 22.2 Å². The molecule has 0 saturated carbocycles. The fraction of sp³-hybridized carbons (Fsp3) is 0.125. The number of rotatable bonds is 6. The minimum Gasteiger partial charge on any atom is -0.497 e. The molecule has 30 heavy (non-hydrogen) atoms. The molecular formula is C24H22N4O2. The fourth-order valence-corrected chi connectivity index (χ4v) is 3.19. The third kappa shape index (κ3) is 4.07. The van der Waals surface area contributed by atoms with Crippen LogP contribution >= 0.6 is 0 Å². The number of nitrogens with zero attached hydrogens (tertiary/aromatic N) is 3. The van der Waals surface area contributed by atoms with Gasteiger partial charge in [-0.1, -0.05) is 42.0 Å². The van der Waals surface area contributed by atoms with Crippen molar-refractivity contribution in [3.63, 3.8) is 0 Å². The summed E-state index contributed by atoms with van der Waals surface area (Å²) in [5, 5.41) is 5.32. The van der Waals surface area contributed by atoms with Gasteiger partial charge in [0.2, 0.25) is 5.95 Å². The maximum atomic E-state index is 5.41. The van der Waals surface area contributed by atoms with Crippen molar-refractivity contribution >= 4 is 23.1 Å². The van der Waals surface area contributed by atoms with Gasteiger partial charge in [-0.15, -0.1) is 0 Å². The molecule has 0 atom stereocenters. The molecule has 0 spiro atoms. The molecule has 6 nitrogen and oxygen atoms in total. The van der Waals surface area contributed by atoms with E-state index in [0.717, 1.165) is 39.0 Å². The van der Waals surface area contributed by atoms with E-state index >= 15 is 0 Å². The number of anilines is 1. The quantitative estimate of drug-likeness (QED) is 0.363. The highest BCUT2D eigenvalue weighted by atomic mass is 16.5. The van der Waals surface area contributed by atoms with Crippen LogP contribution in [0.3, 0.4) is 0 Å². The predicted octanol–water partition coefficient (Wildman–Crippen LogP) is 5.07. The summed E-state index contributed by atoms with van der Waals surface area (Å²) >= 11 is 0. The van der Waals surface area contributed by atoms with Gasteiger partial charge in [-0.05, 0) is 31.2 Å². The number of aryl methyl sites for hydroxylation is 1. The van der Waals surface area contributed by atoms with E-state index in [1.807, 2.05) is 60.7 Å². The van der Waals surface area contributed by atoms with E-state index in [9.17, 15) is 0 Å². The molecule has 0 aliphatic heterocycles. The minimum atomic E-state index is 0.425. The molecule has 0 bridgehead atoms. The number of hydrogen-bond donors (Lipinski definition) is 1. The van der Waals surface area contributed by atoms with Crippen LogP contribution in [0.5, 0.6) is 11.5 Å². The number of hydrogen-bond acceptors (Lipinski definition) is 6. The van der Waals surface area contributed by atoms with Crippen molar-refractivity contribution < 1.29 is 9.47 Å². The van der Waals surface area contributed by atoms with Crippen molar-refractivity contribution in [2.24, 2.45) is 5.10 Å². The van der Waals surface area contributed by atoms with E-state index < -0.39 is 0 Å². The zero-order valence-corrected chi connectivity index (χ0v) is 17.1. The second kappa shape index (κ2) is 8.61. The number of benzene rings is 3. The molecule has 0 unspecified atom stereocenters. The molecule has 1 N–H and O–H groups in total. The molecule has 150 valence electrons. The van der Waals surface area contributed by atoms with Gasteiger partial charge in [0.25, 0.3) is 0 Å². The topological polar surface area (TPSA) is 68.6 Å². The minimum absolute atomic E-state index is 0.425. The Hall–Kier alpha value is -3.93. The van der Waals surface area contributed by atoms with Gasteiger partial charge in [0, 0.05) is 22.6 Å². The molecule has 6 heteroatoms. The van der Waals surface area contributed by atoms with Crippen LogP contribution in [-0.4, -0.2) is 30.4 Å². The van der Waals surface area contributed by atoms with Crippen LogP contribution in [-0.2, 0) is 0 Å². The monoisotopic (exact) mass is 398 g/mol. The molecule has 4 rings (SSSR count). The molecule has 0 aliphatic carbocycles. The molecule has 0 fully saturated rings. The van der Waals surface area contributed by atoms with Crippen LogP contribution in [0.15, 0.2) is 71.8 Å². The van der Waals surface area contributed by atoms with Crippen molar-refractivity contribution in [2.75, 3.05) is 19.6 Å². The summed E-state index contributed by atoms with van der Waals surface area (Å²) in [7, 11) is 3.23. The van der Waals surface area contributed by atoms with Crippen LogP contribution in [0.2, 0.25) is 0 Å². The maximum Gasteiger partial charge on any atom is 0.244 e. The lowest BCUT2D eigenvalue weighted by molar-refractivity contribution is 0.394. The van der Waals surface area contributed by atoms with Crippen LogP contribution in [0, 0.1) is 6.92 Å². The number of hydrazone groups is 1. The molecule has 0 aliphatic rings. The maximum absolute atomic E-state index is 5.41. The normalized spacial score (nSPS) is 11.0. The summed E-state index contributed by atoms with van der Waals surface area (Å²) in [6, 6.07) is 21.8. The standard InChI is InChI=1S/C24H22N4O2/c1-16-9-12-21-20(13-16)23(17-7-5-4-6-8-17)27-24(26-21)28-25-15-18-10-11-19(29-2)14-22(18)30-3/h4-15H,1-3H3,(H,26,27,28)/b25-15-. The number of methoxy groups -OCH3 is 2. The molecule has 0 radical (unpaired) electrons. The highest BCUT2D eigenvalue weighted by Crippen LogP contribution is 2.28. The predicted molar refractivity (Wildman–Crippen MR) is 120 cm³/mol. The Balaban J connectivity index is 1.68. The second-order valence-electron chi connectivity index (χ2n) is 6.76. The van der Waals surface area contributed by atoms with Gasteiger partial charge < -0.3 is 9.47 Å². The third-order valence-corrected chi connectivity index (χ3v) is 4.71. The number of aromatic nitrogens is 2. The van der Waals surface area contributed by atoms with Crippen LogP contribution in [0.1, 0.15) is 11.1 Å². The number of ether oxygens (including phenoxy) is 2. The van der Waals surface area contributed by atoms with E-state index in [1.54, 1.807) is 20.4 Å². The molecule has 1 heterocycles. The Morgan fingerprint density at radius 3 is 2.50 bits per heavy atom. The van der Waals surface area contributed by atoms with Crippen molar-refractivity contribution in [3.05, 3.63) is 77.9 Å². The van der Waals surface area contributed by atoms with Crippen molar-refractivity contribution in [1.82, 2.24) is 9.97 Å². The lowest BCUT2D eigenvalue weighted by Gasteiger charge is -2.09. The van der Waals surface area contributed by atoms with Gasteiger partial charge in [0.1, 0.15) is 11.5 Å². The molecule has 0 saturated heterocycles. The fourth-order valence-electron chi connectivity index (χ4n) is 3.19. The summed E-state index contributed by atoms with van der Waals surface area (Å²) in [6.07, 6.45) is 1.67. The van der Waals surface area contributed by atoms with Gasteiger partial charge >= 0.3 is 0 Å². The first kappa shape index (κ1) is 19.4. The number of fused-ring (bicyclic) bond motifs is 1. The van der Waals surface area contributed by atoms with Crippen molar-refractivity contribution in [1.29, 1.82) is 0 Å². The molecule has 1 aromatic heterocycles. The van der Waals surface area contributed by atoms with E-state index in [0.29, 0.717) is 11.7 Å². The van der Waals surface area contributed by atoms with Gasteiger partial charge in [-0.25, -0.2) is 15.4 Å². The van der Waals surface area contributed by atoms with E-state index in [-0.39, 0.29) is 0 Å². The van der Waals surface area contributed by atoms with Crippen LogP contribution in [0.4, 0.5) is 5.95 Å². The second-order valence-corrected chi connectivity index (χ2v) is 6.76. The summed E-state index contributed by atoms with van der Waals surface area (Å²) in [6.45, 7) is 2.06. The molecule has 0 amide bonds. The molecule has 4 aromatic rings. The van der Waals surface area contributed by atoms with Gasteiger partial charge in [-0.2, -0.15) is 5.10 Å². The summed E-state index contributed by atoms with van der Waals surface area (Å²) in [5.74, 6) is 1.81. The Morgan fingerprint density at radius 1 is 0.900 bits per heavy atom. The summed E-state index contributed by atoms with van der Waals surface area (Å²) in [5.41, 5.74) is 7.67. The SMILES string of the molecule is COc1ccc(/C=N\Nc2nc(-c3ccccc3)c3cc(C)ccc3n2)c(OC)c1. The zero-order valence-electron chi connectivity index (χ0n) is 17.1. The van der Waals surface area contributed by atoms with Gasteiger partial charge in [0.05, 0.1) is 31.6 Å². The highest BCUT2D eigenvalue weighted by Gasteiger charge is 2.10.